The van der Waals surface area contributed by atoms with Gasteiger partial charge in [0.2, 0.25) is 5.12 Å². The summed E-state index contributed by atoms with van der Waals surface area (Å²) >= 11 is 4.24. The summed E-state index contributed by atoms with van der Waals surface area (Å²) in [6.45, 7) is 6.77. The highest BCUT2D eigenvalue weighted by Crippen LogP contribution is 2.72. The minimum atomic E-state index is -2.24. The van der Waals surface area contributed by atoms with E-state index >= 15 is 8.78 Å². The fourth-order valence-electron chi connectivity index (χ4n) is 7.63. The molecule has 0 aromatic rings. The third-order valence-corrected chi connectivity index (χ3v) is 10.6. The van der Waals surface area contributed by atoms with E-state index in [1.54, 1.807) is 20.8 Å². The summed E-state index contributed by atoms with van der Waals surface area (Å²) in [6, 6.07) is 0. The standard InChI is InChI=1S/C25H31BrF2O5S/c1-5-20(31)33-25(21(32)34-12-26)13(2)8-15-16-10-18(27)17-9-14(29)6-7-22(17,3)24(16,28)19(30)11-23(15,25)4/h6-7,9,13,15-16,18-19,30H,5,8,10-12H2,1-4H3/t13-,15+,16+,18+,19+,22+,23+,24+,25+/m1/s1. The first-order valence-corrected chi connectivity index (χ1v) is 13.9. The minimum absolute atomic E-state index is 0.0574. The van der Waals surface area contributed by atoms with Gasteiger partial charge in [0.25, 0.3) is 0 Å². The molecule has 0 radical (unpaired) electrons. The van der Waals surface area contributed by atoms with Crippen LogP contribution < -0.4 is 0 Å². The average Bonchev–Trinajstić information content (AvgIpc) is 2.99. The summed E-state index contributed by atoms with van der Waals surface area (Å²) in [6.07, 6.45) is 0.772. The largest absolute Gasteiger partial charge is 0.449 e. The van der Waals surface area contributed by atoms with Crippen molar-refractivity contribution in [3.63, 3.8) is 0 Å². The van der Waals surface area contributed by atoms with Gasteiger partial charge in [0.1, 0.15) is 6.17 Å². The zero-order valence-corrected chi connectivity index (χ0v) is 22.2. The van der Waals surface area contributed by atoms with E-state index in [2.05, 4.69) is 15.9 Å². The summed E-state index contributed by atoms with van der Waals surface area (Å²) in [5.41, 5.74) is -6.32. The molecule has 3 saturated carbocycles. The number of carbonyl (C=O) groups excluding carboxylic acids is 3. The molecule has 0 saturated heterocycles. The Morgan fingerprint density at radius 3 is 2.59 bits per heavy atom. The molecule has 0 unspecified atom stereocenters. The van der Waals surface area contributed by atoms with Gasteiger partial charge in [-0.25, -0.2) is 8.78 Å². The molecule has 0 spiro atoms. The van der Waals surface area contributed by atoms with E-state index in [4.69, 9.17) is 4.74 Å². The van der Waals surface area contributed by atoms with Crippen LogP contribution in [0.1, 0.15) is 53.4 Å². The molecule has 1 N–H and O–H groups in total. The predicted molar refractivity (Wildman–Crippen MR) is 129 cm³/mol. The highest BCUT2D eigenvalue weighted by molar-refractivity contribution is 9.11. The van der Waals surface area contributed by atoms with Crippen LogP contribution in [0.25, 0.3) is 0 Å². The van der Waals surface area contributed by atoms with Gasteiger partial charge in [-0.2, -0.15) is 0 Å². The van der Waals surface area contributed by atoms with E-state index in [0.717, 1.165) is 17.8 Å². The van der Waals surface area contributed by atoms with Crippen molar-refractivity contribution in [1.82, 2.24) is 0 Å². The number of ketones is 1. The molecule has 0 bridgehead atoms. The van der Waals surface area contributed by atoms with Gasteiger partial charge in [0.15, 0.2) is 17.1 Å². The molecule has 0 aromatic carbocycles. The number of thioether (sulfide) groups is 1. The van der Waals surface area contributed by atoms with Crippen LogP contribution in [0, 0.1) is 28.6 Å². The lowest BCUT2D eigenvalue weighted by Gasteiger charge is -2.63. The summed E-state index contributed by atoms with van der Waals surface area (Å²) in [4.78, 5) is 38.1. The van der Waals surface area contributed by atoms with Gasteiger partial charge in [-0.15, -0.1) is 0 Å². The zero-order chi connectivity index (χ0) is 25.3. The maximum atomic E-state index is 17.3. The van der Waals surface area contributed by atoms with Crippen molar-refractivity contribution in [2.75, 3.05) is 4.66 Å². The molecule has 5 nitrogen and oxygen atoms in total. The van der Waals surface area contributed by atoms with Crippen LogP contribution >= 0.6 is 27.7 Å². The predicted octanol–water partition coefficient (Wildman–Crippen LogP) is 4.86. The number of rotatable bonds is 4. The normalized spacial score (nSPS) is 47.4. The second-order valence-electron chi connectivity index (χ2n) is 10.6. The van der Waals surface area contributed by atoms with Gasteiger partial charge in [0, 0.05) is 29.1 Å². The molecule has 0 aliphatic heterocycles. The SMILES string of the molecule is CCC(=O)O[C@]1(C(=O)SCBr)[C@H](C)C[C@H]2[C@@H]3C[C@H](F)C4=CC(=O)C=C[C@]4(C)[C@@]3(F)[C@@H](O)C[C@@]21C. The van der Waals surface area contributed by atoms with Gasteiger partial charge in [-0.1, -0.05) is 54.5 Å². The summed E-state index contributed by atoms with van der Waals surface area (Å²) in [7, 11) is 0. The number of alkyl halides is 3. The van der Waals surface area contributed by atoms with Crippen molar-refractivity contribution >= 4 is 44.6 Å². The molecule has 0 aromatic heterocycles. The number of fused-ring (bicyclic) bond motifs is 5. The lowest BCUT2D eigenvalue weighted by atomic mass is 9.44. The Morgan fingerprint density at radius 2 is 1.97 bits per heavy atom. The Balaban J connectivity index is 1.87. The van der Waals surface area contributed by atoms with Gasteiger partial charge in [-0.05, 0) is 49.8 Å². The van der Waals surface area contributed by atoms with E-state index in [1.807, 2.05) is 6.92 Å². The van der Waals surface area contributed by atoms with Gasteiger partial charge in [-0.3, -0.25) is 14.4 Å². The van der Waals surface area contributed by atoms with Crippen molar-refractivity contribution in [2.24, 2.45) is 28.6 Å². The fraction of sp³-hybridized carbons (Fsp3) is 0.720. The number of hydrogen-bond acceptors (Lipinski definition) is 6. The Bertz CT molecular complexity index is 986. The van der Waals surface area contributed by atoms with Crippen molar-refractivity contribution in [3.05, 3.63) is 23.8 Å². The molecule has 9 heteroatoms. The van der Waals surface area contributed by atoms with Crippen molar-refractivity contribution in [1.29, 1.82) is 0 Å². The summed E-state index contributed by atoms with van der Waals surface area (Å²) in [5, 5.41) is 11.1. The monoisotopic (exact) mass is 560 g/mol. The van der Waals surface area contributed by atoms with Crippen LogP contribution in [-0.4, -0.2) is 50.2 Å². The van der Waals surface area contributed by atoms with Gasteiger partial charge < -0.3 is 9.84 Å². The zero-order valence-electron chi connectivity index (χ0n) is 19.8. The quantitative estimate of drug-likeness (QED) is 0.391. The lowest BCUT2D eigenvalue weighted by Crippen LogP contribution is -2.70. The van der Waals surface area contributed by atoms with Crippen LogP contribution in [-0.2, 0) is 19.1 Å². The smallest absolute Gasteiger partial charge is 0.306 e. The van der Waals surface area contributed by atoms with Crippen LogP contribution in [0.2, 0.25) is 0 Å². The Labute approximate surface area is 211 Å². The molecule has 188 valence electrons. The van der Waals surface area contributed by atoms with Crippen LogP contribution in [0.15, 0.2) is 23.8 Å². The third-order valence-electron chi connectivity index (χ3n) is 9.22. The summed E-state index contributed by atoms with van der Waals surface area (Å²) < 4.78 is 39.1. The van der Waals surface area contributed by atoms with E-state index in [1.165, 1.54) is 12.2 Å². The Hall–Kier alpha value is -1.06. The molecule has 0 heterocycles. The average molecular weight is 561 g/mol. The van der Waals surface area contributed by atoms with E-state index in [-0.39, 0.29) is 30.0 Å². The second kappa shape index (κ2) is 8.51. The van der Waals surface area contributed by atoms with Gasteiger partial charge in [0.05, 0.1) is 10.8 Å². The number of ether oxygens (including phenoxy) is 1. The van der Waals surface area contributed by atoms with Gasteiger partial charge >= 0.3 is 5.97 Å². The van der Waals surface area contributed by atoms with Crippen LogP contribution in [0.4, 0.5) is 8.78 Å². The molecule has 3 fully saturated rings. The first-order chi connectivity index (χ1) is 15.8. The van der Waals surface area contributed by atoms with E-state index in [0.29, 0.717) is 11.1 Å². The molecule has 9 atom stereocenters. The minimum Gasteiger partial charge on any atom is -0.449 e. The molecule has 0 amide bonds. The number of allylic oxidation sites excluding steroid dienone is 4. The number of esters is 1. The van der Waals surface area contributed by atoms with Crippen LogP contribution in [0.5, 0.6) is 0 Å². The first kappa shape index (κ1) is 26.0. The third kappa shape index (κ3) is 3.14. The molecule has 4 rings (SSSR count). The molecular weight excluding hydrogens is 530 g/mol. The molecular formula is C25H31BrF2O5S. The first-order valence-electron chi connectivity index (χ1n) is 11.7. The maximum absolute atomic E-state index is 17.3. The fourth-order valence-corrected chi connectivity index (χ4v) is 9.04. The van der Waals surface area contributed by atoms with E-state index in [9.17, 15) is 19.5 Å². The maximum Gasteiger partial charge on any atom is 0.306 e. The number of carbonyl (C=O) groups is 3. The van der Waals surface area contributed by atoms with Crippen molar-refractivity contribution < 1.29 is 33.0 Å². The number of hydrogen-bond donors (Lipinski definition) is 1. The summed E-state index contributed by atoms with van der Waals surface area (Å²) in [5.74, 6) is -2.82. The number of aliphatic hydroxyl groups excluding tert-OH is 1. The van der Waals surface area contributed by atoms with E-state index < -0.39 is 63.9 Å². The Kier molecular flexibility index (Phi) is 6.51. The van der Waals surface area contributed by atoms with Crippen molar-refractivity contribution in [3.8, 4) is 0 Å². The van der Waals surface area contributed by atoms with Crippen LogP contribution in [0.3, 0.4) is 0 Å². The highest BCUT2D eigenvalue weighted by Gasteiger charge is 2.78. The highest BCUT2D eigenvalue weighted by atomic mass is 79.9. The molecule has 4 aliphatic carbocycles. The lowest BCUT2D eigenvalue weighted by molar-refractivity contribution is -0.228. The number of halogens is 3. The topological polar surface area (TPSA) is 80.7 Å². The second-order valence-corrected chi connectivity index (χ2v) is 12.9. The Morgan fingerprint density at radius 1 is 1.29 bits per heavy atom. The number of aliphatic hydroxyl groups is 1. The van der Waals surface area contributed by atoms with Crippen molar-refractivity contribution in [2.45, 2.75) is 76.9 Å². The molecule has 4 aliphatic rings. The molecule has 34 heavy (non-hydrogen) atoms.